The minimum absolute atomic E-state index is 0.0150. The molecule has 2 amide bonds. The normalized spacial score (nSPS) is 19.2. The topological polar surface area (TPSA) is 84.6 Å². The molecule has 46 heavy (non-hydrogen) atoms. The van der Waals surface area contributed by atoms with Crippen LogP contribution in [0.25, 0.3) is 17.1 Å². The van der Waals surface area contributed by atoms with E-state index < -0.39 is 6.36 Å². The Morgan fingerprint density at radius 1 is 1.09 bits per heavy atom. The van der Waals surface area contributed by atoms with Crippen LogP contribution in [0.1, 0.15) is 55.2 Å². The van der Waals surface area contributed by atoms with E-state index in [1.807, 2.05) is 24.3 Å². The molecule has 3 aromatic carbocycles. The summed E-state index contributed by atoms with van der Waals surface area (Å²) >= 11 is 1.62. The highest BCUT2D eigenvalue weighted by Gasteiger charge is 2.32. The second-order valence-electron chi connectivity index (χ2n) is 11.5. The molecule has 1 saturated heterocycles. The summed E-state index contributed by atoms with van der Waals surface area (Å²) in [6.07, 6.45) is 1.66. The van der Waals surface area contributed by atoms with E-state index in [1.54, 1.807) is 11.8 Å². The van der Waals surface area contributed by atoms with Gasteiger partial charge in [-0.25, -0.2) is 14.5 Å². The molecule has 1 saturated carbocycles. The zero-order valence-electron chi connectivity index (χ0n) is 25.6. The van der Waals surface area contributed by atoms with Crippen molar-refractivity contribution in [1.82, 2.24) is 20.1 Å². The molecule has 240 valence electrons. The third-order valence-corrected chi connectivity index (χ3v) is 9.23. The molecule has 1 aliphatic heterocycles. The van der Waals surface area contributed by atoms with Gasteiger partial charge in [-0.3, -0.25) is 0 Å². The average molecular weight is 649 g/mol. The number of nitrogens with one attached hydrogen (secondary N) is 1. The fourth-order valence-electron chi connectivity index (χ4n) is 6.13. The third kappa shape index (κ3) is 7.38. The monoisotopic (exact) mass is 648 g/mol. The van der Waals surface area contributed by atoms with Gasteiger partial charge in [-0.15, -0.1) is 18.3 Å². The lowest BCUT2D eigenvalue weighted by molar-refractivity contribution is -0.274. The number of aryl methyl sites for hydroxylation is 2. The molecule has 0 spiro atoms. The van der Waals surface area contributed by atoms with E-state index in [1.165, 1.54) is 46.4 Å². The second-order valence-corrected chi connectivity index (χ2v) is 12.6. The average Bonchev–Trinajstić information content (AvgIpc) is 3.80. The first-order chi connectivity index (χ1) is 22.2. The van der Waals surface area contributed by atoms with Crippen LogP contribution in [-0.4, -0.2) is 50.7 Å². The zero-order valence-corrected chi connectivity index (χ0v) is 26.4. The fraction of sp³-hybridized carbons (Fsp3) is 0.353. The number of thioether (sulfide) groups is 1. The van der Waals surface area contributed by atoms with E-state index in [0.717, 1.165) is 66.4 Å². The van der Waals surface area contributed by atoms with Crippen molar-refractivity contribution in [3.8, 4) is 22.8 Å². The number of nitrogens with zero attached hydrogens (tertiary/aromatic N) is 5. The molecule has 2 fully saturated rings. The third-order valence-electron chi connectivity index (χ3n) is 8.27. The maximum Gasteiger partial charge on any atom is 0.573 e. The smallest absolute Gasteiger partial charge is 0.406 e. The number of carbonyl (C=O) groups excluding carboxylic acids is 1. The lowest BCUT2D eigenvalue weighted by Crippen LogP contribution is -2.36. The van der Waals surface area contributed by atoms with E-state index in [-0.39, 0.29) is 23.7 Å². The van der Waals surface area contributed by atoms with Crippen molar-refractivity contribution in [2.24, 2.45) is 4.99 Å². The van der Waals surface area contributed by atoms with Crippen molar-refractivity contribution in [3.63, 3.8) is 0 Å². The van der Waals surface area contributed by atoms with Crippen molar-refractivity contribution >= 4 is 28.6 Å². The van der Waals surface area contributed by atoms with Gasteiger partial charge in [0.05, 0.1) is 5.69 Å². The lowest BCUT2D eigenvalue weighted by atomic mass is 9.93. The molecule has 0 bridgehead atoms. The molecule has 1 N–H and O–H groups in total. The quantitative estimate of drug-likeness (QED) is 0.208. The molecule has 6 rings (SSSR count). The molecule has 2 aliphatic rings. The van der Waals surface area contributed by atoms with E-state index in [2.05, 4.69) is 62.1 Å². The first-order valence-corrected chi connectivity index (χ1v) is 16.4. The highest BCUT2D eigenvalue weighted by Crippen LogP contribution is 2.36. The minimum Gasteiger partial charge on any atom is -0.406 e. The lowest BCUT2D eigenvalue weighted by Gasteiger charge is -2.23. The summed E-state index contributed by atoms with van der Waals surface area (Å²) in [6.45, 7) is 5.09. The number of amidine groups is 1. The van der Waals surface area contributed by atoms with Crippen LogP contribution in [0.15, 0.2) is 78.0 Å². The molecule has 4 aromatic rings. The number of aliphatic imine (C=N–C) groups is 1. The molecular formula is C34H35F3N6O2S. The number of carbonyl (C=O) groups is 1. The van der Waals surface area contributed by atoms with Gasteiger partial charge in [-0.2, -0.15) is 4.99 Å². The van der Waals surface area contributed by atoms with Crippen LogP contribution in [0, 0.1) is 6.92 Å². The number of ether oxygens (including phenoxy) is 1. The number of hydrogen-bond acceptors (Lipinski definition) is 5. The number of anilines is 1. The summed E-state index contributed by atoms with van der Waals surface area (Å²) < 4.78 is 42.8. The van der Waals surface area contributed by atoms with Gasteiger partial charge in [-0.05, 0) is 73.2 Å². The van der Waals surface area contributed by atoms with Crippen molar-refractivity contribution < 1.29 is 22.7 Å². The molecule has 2 atom stereocenters. The largest absolute Gasteiger partial charge is 0.573 e. The molecule has 2 unspecified atom stereocenters. The summed E-state index contributed by atoms with van der Waals surface area (Å²) in [5.41, 5.74) is 6.09. The molecule has 1 aliphatic carbocycles. The SMILES string of the molecule is CCCc1ccc(C)cc1N1CCS/C1=N\C(=O)NC1CCCC1c1ccc(-c2ncn(-c3ccc(OC(F)(F)F)cc3)n2)cc1. The predicted octanol–water partition coefficient (Wildman–Crippen LogP) is 8.05. The number of alkyl halides is 3. The first-order valence-electron chi connectivity index (χ1n) is 15.4. The van der Waals surface area contributed by atoms with Crippen LogP contribution < -0.4 is 15.0 Å². The van der Waals surface area contributed by atoms with Crippen LogP contribution in [0.4, 0.5) is 23.7 Å². The van der Waals surface area contributed by atoms with Gasteiger partial charge in [0.1, 0.15) is 12.1 Å². The maximum absolute atomic E-state index is 13.2. The Morgan fingerprint density at radius 3 is 2.61 bits per heavy atom. The van der Waals surface area contributed by atoms with Gasteiger partial charge in [0, 0.05) is 35.5 Å². The Kier molecular flexibility index (Phi) is 9.34. The van der Waals surface area contributed by atoms with Crippen LogP contribution in [0.5, 0.6) is 5.75 Å². The van der Waals surface area contributed by atoms with E-state index in [0.29, 0.717) is 11.5 Å². The molecular weight excluding hydrogens is 613 g/mol. The van der Waals surface area contributed by atoms with E-state index >= 15 is 0 Å². The highest BCUT2D eigenvalue weighted by molar-refractivity contribution is 8.14. The van der Waals surface area contributed by atoms with E-state index in [4.69, 9.17) is 0 Å². The van der Waals surface area contributed by atoms with Crippen LogP contribution >= 0.6 is 11.8 Å². The zero-order chi connectivity index (χ0) is 32.3. The summed E-state index contributed by atoms with van der Waals surface area (Å²) in [4.78, 5) is 24.3. The van der Waals surface area contributed by atoms with E-state index in [9.17, 15) is 18.0 Å². The summed E-state index contributed by atoms with van der Waals surface area (Å²) in [5.74, 6) is 1.24. The fourth-order valence-corrected chi connectivity index (χ4v) is 7.08. The van der Waals surface area contributed by atoms with Gasteiger partial charge in [0.15, 0.2) is 11.0 Å². The minimum atomic E-state index is -4.75. The molecule has 0 radical (unpaired) electrons. The summed E-state index contributed by atoms with van der Waals surface area (Å²) in [7, 11) is 0. The molecule has 1 aromatic heterocycles. The number of halogens is 3. The van der Waals surface area contributed by atoms with Crippen LogP contribution in [-0.2, 0) is 6.42 Å². The standard InChI is InChI=1S/C34H35F3N6O2S/c1-3-5-24-9-8-22(2)20-30(24)42-18-19-46-33(42)40-32(44)39-29-7-4-6-28(29)23-10-12-25(13-11-23)31-38-21-43(41-31)26-14-16-27(17-15-26)45-34(35,36)37/h8-17,20-21,28-29H,3-7,18-19H2,1-2H3,(H,39,44)/b40-33-. The number of rotatable bonds is 8. The molecule has 12 heteroatoms. The number of hydrogen-bond donors (Lipinski definition) is 1. The van der Waals surface area contributed by atoms with Gasteiger partial charge < -0.3 is 15.0 Å². The van der Waals surface area contributed by atoms with Gasteiger partial charge in [-0.1, -0.05) is 67.9 Å². The number of amides is 2. The van der Waals surface area contributed by atoms with Crippen molar-refractivity contribution in [2.75, 3.05) is 17.2 Å². The van der Waals surface area contributed by atoms with Crippen LogP contribution in [0.3, 0.4) is 0 Å². The Bertz CT molecular complexity index is 1710. The van der Waals surface area contributed by atoms with Crippen molar-refractivity contribution in [3.05, 3.63) is 89.7 Å². The summed E-state index contributed by atoms with van der Waals surface area (Å²) in [5, 5.41) is 8.44. The molecule has 2 heterocycles. The van der Waals surface area contributed by atoms with Crippen molar-refractivity contribution in [2.45, 2.75) is 64.3 Å². The second kappa shape index (κ2) is 13.6. The Labute approximate surface area is 270 Å². The highest BCUT2D eigenvalue weighted by atomic mass is 32.2. The number of urea groups is 1. The van der Waals surface area contributed by atoms with Crippen molar-refractivity contribution in [1.29, 1.82) is 0 Å². The Hall–Kier alpha value is -4.32. The molecule has 8 nitrogen and oxygen atoms in total. The van der Waals surface area contributed by atoms with Crippen LogP contribution in [0.2, 0.25) is 0 Å². The number of aromatic nitrogens is 3. The first kappa shape index (κ1) is 31.7. The van der Waals surface area contributed by atoms with Gasteiger partial charge in [0.25, 0.3) is 0 Å². The Morgan fingerprint density at radius 2 is 1.87 bits per heavy atom. The number of benzene rings is 3. The van der Waals surface area contributed by atoms with Gasteiger partial charge in [0.2, 0.25) is 0 Å². The maximum atomic E-state index is 13.2. The Balaban J connectivity index is 1.11. The van der Waals surface area contributed by atoms with Gasteiger partial charge >= 0.3 is 12.4 Å². The predicted molar refractivity (Wildman–Crippen MR) is 175 cm³/mol. The summed E-state index contributed by atoms with van der Waals surface area (Å²) in [6, 6.07) is 19.6.